The molecule has 118 valence electrons. The van der Waals surface area contributed by atoms with Crippen molar-refractivity contribution in [1.82, 2.24) is 10.2 Å². The predicted octanol–water partition coefficient (Wildman–Crippen LogP) is 3.49. The fourth-order valence-electron chi connectivity index (χ4n) is 2.84. The standard InChI is InChI=1S/C17H27ClN2O/c1-4-19-11-16-9-10-17(21-16)12-20(3)13(2)14-5-7-15(18)8-6-14/h5-8,13,16-17,19H,4,9-12H2,1-3H3. The Balaban J connectivity index is 1.81. The Morgan fingerprint density at radius 3 is 2.62 bits per heavy atom. The van der Waals surface area contributed by atoms with Crippen LogP contribution < -0.4 is 5.32 Å². The molecule has 0 aromatic heterocycles. The average molecular weight is 311 g/mol. The molecule has 4 heteroatoms. The summed E-state index contributed by atoms with van der Waals surface area (Å²) in [6.45, 7) is 7.33. The number of rotatable bonds is 7. The van der Waals surface area contributed by atoms with Crippen molar-refractivity contribution in [2.75, 3.05) is 26.7 Å². The van der Waals surface area contributed by atoms with Crippen molar-refractivity contribution in [3.05, 3.63) is 34.9 Å². The Morgan fingerprint density at radius 2 is 1.95 bits per heavy atom. The third-order valence-electron chi connectivity index (χ3n) is 4.32. The molecular weight excluding hydrogens is 284 g/mol. The van der Waals surface area contributed by atoms with Gasteiger partial charge in [0.1, 0.15) is 0 Å². The third-order valence-corrected chi connectivity index (χ3v) is 4.57. The first-order valence-electron chi connectivity index (χ1n) is 7.92. The lowest BCUT2D eigenvalue weighted by molar-refractivity contribution is 0.0219. The lowest BCUT2D eigenvalue weighted by atomic mass is 10.1. The van der Waals surface area contributed by atoms with Gasteiger partial charge in [-0.25, -0.2) is 0 Å². The highest BCUT2D eigenvalue weighted by Crippen LogP contribution is 2.25. The molecule has 1 heterocycles. The Kier molecular flexibility index (Phi) is 6.49. The summed E-state index contributed by atoms with van der Waals surface area (Å²) >= 11 is 5.95. The topological polar surface area (TPSA) is 24.5 Å². The van der Waals surface area contributed by atoms with Crippen molar-refractivity contribution in [2.24, 2.45) is 0 Å². The quantitative estimate of drug-likeness (QED) is 0.834. The maximum atomic E-state index is 6.11. The molecule has 2 rings (SSSR count). The van der Waals surface area contributed by atoms with Crippen molar-refractivity contribution in [3.63, 3.8) is 0 Å². The van der Waals surface area contributed by atoms with Gasteiger partial charge < -0.3 is 10.1 Å². The van der Waals surface area contributed by atoms with Gasteiger partial charge in [-0.15, -0.1) is 0 Å². The van der Waals surface area contributed by atoms with Crippen LogP contribution in [-0.2, 0) is 4.74 Å². The van der Waals surface area contributed by atoms with Gasteiger partial charge >= 0.3 is 0 Å². The van der Waals surface area contributed by atoms with Crippen LogP contribution in [0.1, 0.15) is 38.3 Å². The van der Waals surface area contributed by atoms with E-state index >= 15 is 0 Å². The largest absolute Gasteiger partial charge is 0.372 e. The number of likely N-dealkylation sites (N-methyl/N-ethyl adjacent to an activating group) is 2. The molecule has 3 nitrogen and oxygen atoms in total. The molecule has 0 radical (unpaired) electrons. The molecule has 1 aliphatic rings. The Labute approximate surface area is 133 Å². The second kappa shape index (κ2) is 8.14. The van der Waals surface area contributed by atoms with Crippen LogP contribution in [0, 0.1) is 0 Å². The maximum absolute atomic E-state index is 6.11. The molecular formula is C17H27ClN2O. The summed E-state index contributed by atoms with van der Waals surface area (Å²) in [6.07, 6.45) is 3.07. The van der Waals surface area contributed by atoms with Crippen molar-refractivity contribution in [2.45, 2.75) is 44.9 Å². The first-order valence-corrected chi connectivity index (χ1v) is 8.29. The molecule has 1 N–H and O–H groups in total. The normalized spacial score (nSPS) is 23.7. The molecule has 3 atom stereocenters. The first-order chi connectivity index (χ1) is 10.1. The van der Waals surface area contributed by atoms with Gasteiger partial charge in [0.15, 0.2) is 0 Å². The number of nitrogens with zero attached hydrogens (tertiary/aromatic N) is 1. The summed E-state index contributed by atoms with van der Waals surface area (Å²) in [5.41, 5.74) is 1.30. The summed E-state index contributed by atoms with van der Waals surface area (Å²) in [7, 11) is 2.17. The Morgan fingerprint density at radius 1 is 1.29 bits per heavy atom. The van der Waals surface area contributed by atoms with Gasteiger partial charge in [0.2, 0.25) is 0 Å². The predicted molar refractivity (Wildman–Crippen MR) is 88.9 cm³/mol. The zero-order valence-electron chi connectivity index (χ0n) is 13.3. The molecule has 1 fully saturated rings. The van der Waals surface area contributed by atoms with Crippen LogP contribution in [0.2, 0.25) is 5.02 Å². The molecule has 1 aromatic carbocycles. The van der Waals surface area contributed by atoms with E-state index in [4.69, 9.17) is 16.3 Å². The zero-order valence-corrected chi connectivity index (χ0v) is 14.1. The van der Waals surface area contributed by atoms with Gasteiger partial charge in [-0.2, -0.15) is 0 Å². The van der Waals surface area contributed by atoms with Crippen LogP contribution in [-0.4, -0.2) is 43.8 Å². The van der Waals surface area contributed by atoms with Crippen LogP contribution in [0.3, 0.4) is 0 Å². The average Bonchev–Trinajstić information content (AvgIpc) is 2.92. The molecule has 21 heavy (non-hydrogen) atoms. The van der Waals surface area contributed by atoms with Gasteiger partial charge in [-0.05, 0) is 51.1 Å². The SMILES string of the molecule is CCNCC1CCC(CN(C)C(C)c2ccc(Cl)cc2)O1. The molecule has 0 bridgehead atoms. The lowest BCUT2D eigenvalue weighted by Crippen LogP contribution is -2.33. The highest BCUT2D eigenvalue weighted by Gasteiger charge is 2.26. The number of benzene rings is 1. The summed E-state index contributed by atoms with van der Waals surface area (Å²) in [5, 5.41) is 4.16. The molecule has 1 saturated heterocycles. The summed E-state index contributed by atoms with van der Waals surface area (Å²) < 4.78 is 6.11. The summed E-state index contributed by atoms with van der Waals surface area (Å²) in [6, 6.07) is 8.50. The minimum Gasteiger partial charge on any atom is -0.372 e. The van der Waals surface area contributed by atoms with E-state index in [1.165, 1.54) is 12.0 Å². The van der Waals surface area contributed by atoms with E-state index in [1.54, 1.807) is 0 Å². The molecule has 0 saturated carbocycles. The summed E-state index contributed by atoms with van der Waals surface area (Å²) in [5.74, 6) is 0. The van der Waals surface area contributed by atoms with E-state index in [2.05, 4.69) is 43.2 Å². The van der Waals surface area contributed by atoms with E-state index in [-0.39, 0.29) is 0 Å². The number of nitrogens with one attached hydrogen (secondary N) is 1. The fourth-order valence-corrected chi connectivity index (χ4v) is 2.97. The van der Waals surface area contributed by atoms with E-state index in [0.717, 1.165) is 31.1 Å². The van der Waals surface area contributed by atoms with Crippen molar-refractivity contribution >= 4 is 11.6 Å². The first kappa shape index (κ1) is 16.8. The minimum atomic E-state index is 0.355. The second-order valence-corrected chi connectivity index (χ2v) is 6.37. The third kappa shape index (κ3) is 4.96. The molecule has 0 aliphatic carbocycles. The number of ether oxygens (including phenoxy) is 1. The van der Waals surface area contributed by atoms with E-state index < -0.39 is 0 Å². The zero-order chi connectivity index (χ0) is 15.2. The number of hydrogen-bond donors (Lipinski definition) is 1. The summed E-state index contributed by atoms with van der Waals surface area (Å²) in [4.78, 5) is 2.36. The minimum absolute atomic E-state index is 0.355. The second-order valence-electron chi connectivity index (χ2n) is 5.93. The molecule has 0 spiro atoms. The van der Waals surface area contributed by atoms with Crippen molar-refractivity contribution in [3.8, 4) is 0 Å². The Hall–Kier alpha value is -0.610. The van der Waals surface area contributed by atoms with E-state index in [9.17, 15) is 0 Å². The van der Waals surface area contributed by atoms with Gasteiger partial charge in [0.05, 0.1) is 12.2 Å². The van der Waals surface area contributed by atoms with Gasteiger partial charge in [0, 0.05) is 24.2 Å². The Bertz CT molecular complexity index is 423. The van der Waals surface area contributed by atoms with E-state index in [1.807, 2.05) is 12.1 Å². The van der Waals surface area contributed by atoms with Crippen LogP contribution in [0.4, 0.5) is 0 Å². The molecule has 1 aliphatic heterocycles. The number of hydrogen-bond acceptors (Lipinski definition) is 3. The van der Waals surface area contributed by atoms with Gasteiger partial charge in [-0.1, -0.05) is 30.7 Å². The molecule has 1 aromatic rings. The van der Waals surface area contributed by atoms with Crippen LogP contribution in [0.15, 0.2) is 24.3 Å². The van der Waals surface area contributed by atoms with Crippen LogP contribution in [0.25, 0.3) is 0 Å². The fraction of sp³-hybridized carbons (Fsp3) is 0.647. The number of halogens is 1. The molecule has 0 amide bonds. The highest BCUT2D eigenvalue weighted by atomic mass is 35.5. The van der Waals surface area contributed by atoms with Crippen LogP contribution in [0.5, 0.6) is 0 Å². The van der Waals surface area contributed by atoms with Gasteiger partial charge in [-0.3, -0.25) is 4.90 Å². The smallest absolute Gasteiger partial charge is 0.0707 e. The lowest BCUT2D eigenvalue weighted by Gasteiger charge is -2.28. The molecule has 3 unspecified atom stereocenters. The van der Waals surface area contributed by atoms with Crippen molar-refractivity contribution in [1.29, 1.82) is 0 Å². The highest BCUT2D eigenvalue weighted by molar-refractivity contribution is 6.30. The van der Waals surface area contributed by atoms with Crippen molar-refractivity contribution < 1.29 is 4.74 Å². The maximum Gasteiger partial charge on any atom is 0.0707 e. The van der Waals surface area contributed by atoms with Gasteiger partial charge in [0.25, 0.3) is 0 Å². The van der Waals surface area contributed by atoms with E-state index in [0.29, 0.717) is 18.2 Å². The van der Waals surface area contributed by atoms with Crippen LogP contribution >= 0.6 is 11.6 Å². The monoisotopic (exact) mass is 310 g/mol.